The molecule has 5 rings (SSSR count). The topological polar surface area (TPSA) is 116 Å². The molecule has 3 N–H and O–H groups in total. The smallest absolute Gasteiger partial charge is 0.408 e. The lowest BCUT2D eigenvalue weighted by Gasteiger charge is -2.14. The Kier molecular flexibility index (Phi) is 4.66. The molecule has 0 spiro atoms. The van der Waals surface area contributed by atoms with Crippen molar-refractivity contribution >= 4 is 46.2 Å². The Hall–Kier alpha value is -4.47. The third-order valence-electron chi connectivity index (χ3n) is 4.99. The third kappa shape index (κ3) is 3.69. The van der Waals surface area contributed by atoms with Gasteiger partial charge in [0.1, 0.15) is 0 Å². The van der Waals surface area contributed by atoms with E-state index in [2.05, 4.69) is 25.6 Å². The number of benzene rings is 2. The summed E-state index contributed by atoms with van der Waals surface area (Å²) in [5.41, 5.74) is 3.41. The predicted octanol–water partition coefficient (Wildman–Crippen LogP) is 3.64. The first kappa shape index (κ1) is 19.5. The lowest BCUT2D eigenvalue weighted by molar-refractivity contribution is 0.0811. The van der Waals surface area contributed by atoms with E-state index in [-0.39, 0.29) is 17.7 Å². The van der Waals surface area contributed by atoms with Gasteiger partial charge in [0, 0.05) is 30.5 Å². The number of nitrogens with zero attached hydrogens (tertiary/aromatic N) is 3. The fraction of sp³-hybridized carbons (Fsp3) is 0.0909. The van der Waals surface area contributed by atoms with Crippen LogP contribution in [0.1, 0.15) is 15.9 Å². The highest BCUT2D eigenvalue weighted by Gasteiger charge is 2.17. The molecular formula is C22H17FN6O3. The molecule has 3 heterocycles. The van der Waals surface area contributed by atoms with Crippen LogP contribution in [0.3, 0.4) is 0 Å². The van der Waals surface area contributed by atoms with Crippen LogP contribution in [0.2, 0.25) is 0 Å². The second kappa shape index (κ2) is 7.65. The fourth-order valence-corrected chi connectivity index (χ4v) is 3.41. The summed E-state index contributed by atoms with van der Waals surface area (Å²) in [5, 5.41) is 5.91. The molecule has 1 aliphatic heterocycles. The highest BCUT2D eigenvalue weighted by molar-refractivity contribution is 5.99. The van der Waals surface area contributed by atoms with E-state index in [9.17, 15) is 14.0 Å². The monoisotopic (exact) mass is 432 g/mol. The molecule has 160 valence electrons. The highest BCUT2D eigenvalue weighted by Crippen LogP contribution is 2.25. The third-order valence-corrected chi connectivity index (χ3v) is 4.99. The zero-order chi connectivity index (χ0) is 22.2. The van der Waals surface area contributed by atoms with Crippen molar-refractivity contribution in [2.75, 3.05) is 24.2 Å². The molecule has 2 aromatic carbocycles. The molecule has 0 saturated carbocycles. The predicted molar refractivity (Wildman–Crippen MR) is 118 cm³/mol. The Morgan fingerprint density at radius 2 is 1.94 bits per heavy atom. The summed E-state index contributed by atoms with van der Waals surface area (Å²) in [4.78, 5) is 36.1. The minimum atomic E-state index is -0.644. The van der Waals surface area contributed by atoms with Crippen LogP contribution in [0.25, 0.3) is 17.2 Å². The first-order valence-corrected chi connectivity index (χ1v) is 9.72. The number of anilines is 4. The highest BCUT2D eigenvalue weighted by atomic mass is 19.1. The number of hydrogen-bond acceptors (Lipinski definition) is 7. The normalized spacial score (nSPS) is 13.2. The maximum absolute atomic E-state index is 14.3. The van der Waals surface area contributed by atoms with Gasteiger partial charge < -0.3 is 20.0 Å². The van der Waals surface area contributed by atoms with Crippen LogP contribution in [0.5, 0.6) is 0 Å². The van der Waals surface area contributed by atoms with Gasteiger partial charge >= 0.3 is 5.76 Å². The number of rotatable bonds is 4. The van der Waals surface area contributed by atoms with Crippen molar-refractivity contribution in [2.24, 2.45) is 0 Å². The Bertz CT molecular complexity index is 1440. The van der Waals surface area contributed by atoms with Gasteiger partial charge in [-0.1, -0.05) is 12.2 Å². The molecule has 9 nitrogen and oxygen atoms in total. The quantitative estimate of drug-likeness (QED) is 0.451. The molecule has 4 aromatic rings. The van der Waals surface area contributed by atoms with Crippen molar-refractivity contribution in [2.45, 2.75) is 0 Å². The van der Waals surface area contributed by atoms with Gasteiger partial charge in [0.15, 0.2) is 17.2 Å². The number of aromatic amines is 1. The lowest BCUT2D eigenvalue weighted by Crippen LogP contribution is -2.26. The van der Waals surface area contributed by atoms with E-state index in [1.165, 1.54) is 0 Å². The van der Waals surface area contributed by atoms with Crippen LogP contribution < -0.4 is 16.4 Å². The van der Waals surface area contributed by atoms with E-state index in [1.807, 2.05) is 18.2 Å². The Balaban J connectivity index is 1.40. The number of aromatic nitrogens is 3. The molecule has 10 heteroatoms. The molecule has 1 aliphatic rings. The molecule has 32 heavy (non-hydrogen) atoms. The van der Waals surface area contributed by atoms with E-state index in [0.717, 1.165) is 11.8 Å². The summed E-state index contributed by atoms with van der Waals surface area (Å²) < 4.78 is 19.3. The van der Waals surface area contributed by atoms with Crippen molar-refractivity contribution in [3.8, 4) is 0 Å². The molecule has 0 atom stereocenters. The molecule has 0 fully saturated rings. The SMILES string of the molecule is CN1CC=Cc2cc(Nc3ncc(F)c(Nc4ccc5oc(=O)[nH]c5c4)n3)ccc2C1=O. The summed E-state index contributed by atoms with van der Waals surface area (Å²) in [6.07, 6.45) is 4.85. The number of nitrogens with one attached hydrogen (secondary N) is 3. The molecule has 0 radical (unpaired) electrons. The van der Waals surface area contributed by atoms with E-state index in [0.29, 0.717) is 34.6 Å². The van der Waals surface area contributed by atoms with Crippen molar-refractivity contribution in [3.63, 3.8) is 0 Å². The maximum Gasteiger partial charge on any atom is 0.417 e. The van der Waals surface area contributed by atoms with E-state index in [1.54, 1.807) is 42.3 Å². The van der Waals surface area contributed by atoms with Gasteiger partial charge in [-0.05, 0) is 42.0 Å². The van der Waals surface area contributed by atoms with E-state index < -0.39 is 11.6 Å². The summed E-state index contributed by atoms with van der Waals surface area (Å²) >= 11 is 0. The Morgan fingerprint density at radius 1 is 1.12 bits per heavy atom. The number of likely N-dealkylation sites (N-methyl/N-ethyl adjacent to an activating group) is 1. The van der Waals surface area contributed by atoms with Gasteiger partial charge in [0.2, 0.25) is 5.95 Å². The zero-order valence-corrected chi connectivity index (χ0v) is 16.8. The molecular weight excluding hydrogens is 415 g/mol. The number of fused-ring (bicyclic) bond motifs is 2. The second-order valence-corrected chi connectivity index (χ2v) is 7.26. The number of amides is 1. The molecule has 1 amide bonds. The van der Waals surface area contributed by atoms with E-state index >= 15 is 0 Å². The van der Waals surface area contributed by atoms with Gasteiger partial charge in [-0.2, -0.15) is 4.98 Å². The molecule has 2 aromatic heterocycles. The largest absolute Gasteiger partial charge is 0.417 e. The standard InChI is InChI=1S/C22H17FN6O3/c1-29-8-2-3-12-9-13(4-6-15(12)20(29)30)26-21-24-11-16(23)19(28-21)25-14-5-7-18-17(10-14)27-22(31)32-18/h2-7,9-11H,8H2,1H3,(H,27,31)(H2,24,25,26,28). The molecule has 0 aliphatic carbocycles. The van der Waals surface area contributed by atoms with Crippen molar-refractivity contribution in [3.05, 3.63) is 76.2 Å². The summed E-state index contributed by atoms with van der Waals surface area (Å²) in [5.74, 6) is -1.14. The minimum absolute atomic E-state index is 0.0425. The number of H-pyrrole nitrogens is 1. The number of halogens is 1. The first-order chi connectivity index (χ1) is 15.5. The van der Waals surface area contributed by atoms with Crippen LogP contribution >= 0.6 is 0 Å². The van der Waals surface area contributed by atoms with Crippen molar-refractivity contribution in [1.82, 2.24) is 19.9 Å². The van der Waals surface area contributed by atoms with Crippen molar-refractivity contribution in [1.29, 1.82) is 0 Å². The average Bonchev–Trinajstić information content (AvgIpc) is 3.08. The summed E-state index contributed by atoms with van der Waals surface area (Å²) in [7, 11) is 1.75. The maximum atomic E-state index is 14.3. The van der Waals surface area contributed by atoms with Crippen molar-refractivity contribution < 1.29 is 13.6 Å². The molecule has 0 unspecified atom stereocenters. The second-order valence-electron chi connectivity index (χ2n) is 7.26. The molecule has 0 saturated heterocycles. The van der Waals surface area contributed by atoms with Gasteiger partial charge in [0.05, 0.1) is 11.7 Å². The first-order valence-electron chi connectivity index (χ1n) is 9.72. The van der Waals surface area contributed by atoms with Gasteiger partial charge in [-0.25, -0.2) is 14.2 Å². The van der Waals surface area contributed by atoms with Crippen LogP contribution in [-0.4, -0.2) is 39.4 Å². The van der Waals surface area contributed by atoms with Crippen LogP contribution in [0.4, 0.5) is 27.5 Å². The van der Waals surface area contributed by atoms with Gasteiger partial charge in [-0.15, -0.1) is 0 Å². The Morgan fingerprint density at radius 3 is 2.81 bits per heavy atom. The average molecular weight is 432 g/mol. The van der Waals surface area contributed by atoms with E-state index in [4.69, 9.17) is 4.42 Å². The fourth-order valence-electron chi connectivity index (χ4n) is 3.41. The van der Waals surface area contributed by atoms with Gasteiger partial charge in [0.25, 0.3) is 5.91 Å². The van der Waals surface area contributed by atoms with Crippen LogP contribution in [-0.2, 0) is 0 Å². The lowest BCUT2D eigenvalue weighted by atomic mass is 10.1. The van der Waals surface area contributed by atoms with Gasteiger partial charge in [-0.3, -0.25) is 9.78 Å². The number of oxazole rings is 1. The minimum Gasteiger partial charge on any atom is -0.408 e. The zero-order valence-electron chi connectivity index (χ0n) is 16.8. The Labute approximate surface area is 180 Å². The summed E-state index contributed by atoms with van der Waals surface area (Å²) in [6, 6.07) is 10.1. The number of carbonyl (C=O) groups is 1. The van der Waals surface area contributed by atoms with Crippen LogP contribution in [0.15, 0.2) is 57.9 Å². The van der Waals surface area contributed by atoms with Crippen LogP contribution in [0, 0.1) is 5.82 Å². The number of carbonyl (C=O) groups excluding carboxylic acids is 1. The number of hydrogen-bond donors (Lipinski definition) is 3. The summed E-state index contributed by atoms with van der Waals surface area (Å²) in [6.45, 7) is 0.533. The molecule has 0 bridgehead atoms.